The molecule has 2 rings (SSSR count). The number of benzene rings is 1. The molecule has 0 aliphatic carbocycles. The number of hydrogen-bond donors (Lipinski definition) is 3. The number of aromatic nitrogens is 2. The molecule has 0 bridgehead atoms. The summed E-state index contributed by atoms with van der Waals surface area (Å²) in [4.78, 5) is 8.41. The predicted octanol–water partition coefficient (Wildman–Crippen LogP) is 1.16. The topological polar surface area (TPSA) is 78.3 Å². The van der Waals surface area contributed by atoms with Gasteiger partial charge in [-0.25, -0.2) is 0 Å². The van der Waals surface area contributed by atoms with E-state index in [-0.39, 0.29) is 13.2 Å². The van der Waals surface area contributed by atoms with Crippen molar-refractivity contribution in [2.45, 2.75) is 6.10 Å². The van der Waals surface area contributed by atoms with Crippen LogP contribution in [0.2, 0.25) is 0 Å². The molecule has 0 fully saturated rings. The van der Waals surface area contributed by atoms with Crippen LogP contribution in [0.4, 0.5) is 5.69 Å². The summed E-state index contributed by atoms with van der Waals surface area (Å²) in [6.45, 7) is 0.0128. The number of nitrogens with zero attached hydrogens (tertiary/aromatic N) is 2. The second kappa shape index (κ2) is 5.39. The maximum absolute atomic E-state index is 9.27. The minimum atomic E-state index is -0.778. The summed E-state index contributed by atoms with van der Waals surface area (Å²) in [5, 5.41) is 21.0. The maximum Gasteiger partial charge on any atom is 0.105 e. The molecule has 90 valence electrons. The van der Waals surface area contributed by atoms with Crippen molar-refractivity contribution in [1.82, 2.24) is 9.97 Å². The molecule has 17 heavy (non-hydrogen) atoms. The molecule has 1 aromatic carbocycles. The van der Waals surface area contributed by atoms with Crippen LogP contribution in [-0.2, 0) is 0 Å². The van der Waals surface area contributed by atoms with Crippen molar-refractivity contribution in [2.75, 3.05) is 18.5 Å². The van der Waals surface area contributed by atoms with E-state index in [1.54, 1.807) is 12.4 Å². The molecule has 0 aliphatic rings. The van der Waals surface area contributed by atoms with Crippen molar-refractivity contribution in [3.05, 3.63) is 29.0 Å². The Morgan fingerprint density at radius 3 is 2.82 bits per heavy atom. The Bertz CT molecular complexity index is 521. The molecule has 2 aromatic rings. The van der Waals surface area contributed by atoms with Gasteiger partial charge in [-0.1, -0.05) is 0 Å². The summed E-state index contributed by atoms with van der Waals surface area (Å²) in [6.07, 6.45) is 2.48. The summed E-state index contributed by atoms with van der Waals surface area (Å²) >= 11 is 3.44. The van der Waals surface area contributed by atoms with Crippen molar-refractivity contribution in [3.8, 4) is 0 Å². The monoisotopic (exact) mass is 297 g/mol. The molecule has 0 saturated carbocycles. The average molecular weight is 298 g/mol. The van der Waals surface area contributed by atoms with E-state index in [1.807, 2.05) is 12.1 Å². The number of aliphatic hydroxyl groups is 2. The van der Waals surface area contributed by atoms with Crippen LogP contribution in [0.5, 0.6) is 0 Å². The third-order valence-corrected chi connectivity index (χ3v) is 3.12. The highest BCUT2D eigenvalue weighted by Crippen LogP contribution is 2.28. The highest BCUT2D eigenvalue weighted by atomic mass is 79.9. The average Bonchev–Trinajstić information content (AvgIpc) is 2.38. The second-order valence-electron chi connectivity index (χ2n) is 3.57. The standard InChI is InChI=1S/C11H12BrN3O2/c12-10-8(15-5-7(17)6-16)1-2-9-11(10)14-4-3-13-9/h1-4,7,15-17H,5-6H2. The molecule has 0 spiro atoms. The van der Waals surface area contributed by atoms with E-state index in [9.17, 15) is 5.11 Å². The number of rotatable bonds is 4. The fourth-order valence-electron chi connectivity index (χ4n) is 1.43. The smallest absolute Gasteiger partial charge is 0.105 e. The summed E-state index contributed by atoms with van der Waals surface area (Å²) in [5.74, 6) is 0. The lowest BCUT2D eigenvalue weighted by molar-refractivity contribution is 0.105. The molecule has 1 unspecified atom stereocenters. The van der Waals surface area contributed by atoms with E-state index < -0.39 is 6.10 Å². The first-order valence-corrected chi connectivity index (χ1v) is 5.93. The lowest BCUT2D eigenvalue weighted by atomic mass is 10.2. The fraction of sp³-hybridized carbons (Fsp3) is 0.273. The van der Waals surface area contributed by atoms with Gasteiger partial charge in [-0.3, -0.25) is 9.97 Å². The molecule has 1 aromatic heterocycles. The van der Waals surface area contributed by atoms with Gasteiger partial charge in [0.15, 0.2) is 0 Å². The Hall–Kier alpha value is -1.24. The molecule has 0 saturated heterocycles. The van der Waals surface area contributed by atoms with Crippen LogP contribution in [0.1, 0.15) is 0 Å². The van der Waals surface area contributed by atoms with Gasteiger partial charge in [0, 0.05) is 18.9 Å². The van der Waals surface area contributed by atoms with E-state index in [1.165, 1.54) is 0 Å². The number of halogens is 1. The Kier molecular flexibility index (Phi) is 3.88. The molecular weight excluding hydrogens is 286 g/mol. The largest absolute Gasteiger partial charge is 0.394 e. The first kappa shape index (κ1) is 12.2. The van der Waals surface area contributed by atoms with Crippen molar-refractivity contribution in [2.24, 2.45) is 0 Å². The summed E-state index contributed by atoms with van der Waals surface area (Å²) < 4.78 is 0.799. The van der Waals surface area contributed by atoms with Gasteiger partial charge in [0.2, 0.25) is 0 Å². The Labute approximate surface area is 107 Å². The third kappa shape index (κ3) is 2.71. The number of anilines is 1. The van der Waals surface area contributed by atoms with Crippen molar-refractivity contribution in [1.29, 1.82) is 0 Å². The Balaban J connectivity index is 2.26. The Morgan fingerprint density at radius 2 is 2.06 bits per heavy atom. The highest BCUT2D eigenvalue weighted by Gasteiger charge is 2.08. The van der Waals surface area contributed by atoms with E-state index in [4.69, 9.17) is 5.11 Å². The minimum absolute atomic E-state index is 0.266. The quantitative estimate of drug-likeness (QED) is 0.789. The predicted molar refractivity (Wildman–Crippen MR) is 68.8 cm³/mol. The molecule has 5 nitrogen and oxygen atoms in total. The zero-order valence-electron chi connectivity index (χ0n) is 8.97. The van der Waals surface area contributed by atoms with Crippen molar-refractivity contribution >= 4 is 32.7 Å². The van der Waals surface area contributed by atoms with Crippen LogP contribution in [0.15, 0.2) is 29.0 Å². The zero-order valence-corrected chi connectivity index (χ0v) is 10.6. The summed E-state index contributed by atoms with van der Waals surface area (Å²) in [6, 6.07) is 3.70. The number of fused-ring (bicyclic) bond motifs is 1. The van der Waals surface area contributed by atoms with Crippen LogP contribution in [-0.4, -0.2) is 39.4 Å². The van der Waals surface area contributed by atoms with Crippen LogP contribution in [0.3, 0.4) is 0 Å². The molecule has 0 radical (unpaired) electrons. The molecule has 0 aliphatic heterocycles. The first-order valence-electron chi connectivity index (χ1n) is 5.14. The fourth-order valence-corrected chi connectivity index (χ4v) is 2.01. The van der Waals surface area contributed by atoms with Gasteiger partial charge in [-0.05, 0) is 28.1 Å². The minimum Gasteiger partial charge on any atom is -0.394 e. The molecule has 1 atom stereocenters. The molecule has 6 heteroatoms. The normalized spacial score (nSPS) is 12.6. The van der Waals surface area contributed by atoms with Gasteiger partial charge in [-0.2, -0.15) is 0 Å². The number of hydrogen-bond acceptors (Lipinski definition) is 5. The van der Waals surface area contributed by atoms with Gasteiger partial charge in [0.1, 0.15) is 5.52 Å². The van der Waals surface area contributed by atoms with E-state index in [0.29, 0.717) is 0 Å². The van der Waals surface area contributed by atoms with E-state index >= 15 is 0 Å². The van der Waals surface area contributed by atoms with Gasteiger partial charge in [-0.15, -0.1) is 0 Å². The molecule has 3 N–H and O–H groups in total. The number of nitrogens with one attached hydrogen (secondary N) is 1. The van der Waals surface area contributed by atoms with Gasteiger partial charge >= 0.3 is 0 Å². The highest BCUT2D eigenvalue weighted by molar-refractivity contribution is 9.10. The van der Waals surface area contributed by atoms with Crippen LogP contribution < -0.4 is 5.32 Å². The second-order valence-corrected chi connectivity index (χ2v) is 4.36. The Morgan fingerprint density at radius 1 is 1.29 bits per heavy atom. The summed E-state index contributed by atoms with van der Waals surface area (Å²) in [7, 11) is 0. The lowest BCUT2D eigenvalue weighted by Crippen LogP contribution is -2.23. The van der Waals surface area contributed by atoms with Gasteiger partial charge < -0.3 is 15.5 Å². The SMILES string of the molecule is OCC(O)CNc1ccc2nccnc2c1Br. The molecule has 0 amide bonds. The van der Waals surface area contributed by atoms with Gasteiger partial charge in [0.25, 0.3) is 0 Å². The van der Waals surface area contributed by atoms with Crippen molar-refractivity contribution in [3.63, 3.8) is 0 Å². The lowest BCUT2D eigenvalue weighted by Gasteiger charge is -2.12. The van der Waals surface area contributed by atoms with Gasteiger partial charge in [0.05, 0.1) is 28.4 Å². The summed E-state index contributed by atoms with van der Waals surface area (Å²) in [5.41, 5.74) is 2.37. The number of aliphatic hydroxyl groups excluding tert-OH is 2. The molecule has 1 heterocycles. The molecular formula is C11H12BrN3O2. The van der Waals surface area contributed by atoms with Crippen molar-refractivity contribution < 1.29 is 10.2 Å². The van der Waals surface area contributed by atoms with E-state index in [0.717, 1.165) is 21.2 Å². The van der Waals surface area contributed by atoms with Crippen LogP contribution in [0, 0.1) is 0 Å². The zero-order chi connectivity index (χ0) is 12.3. The van der Waals surface area contributed by atoms with Crippen LogP contribution >= 0.6 is 15.9 Å². The first-order chi connectivity index (χ1) is 8.22. The van der Waals surface area contributed by atoms with Crippen LogP contribution in [0.25, 0.3) is 11.0 Å². The third-order valence-electron chi connectivity index (χ3n) is 2.32. The maximum atomic E-state index is 9.27. The van der Waals surface area contributed by atoms with E-state index in [2.05, 4.69) is 31.2 Å².